The molecule has 1 aromatic carbocycles. The molecule has 1 saturated heterocycles. The first-order chi connectivity index (χ1) is 9.50. The van der Waals surface area contributed by atoms with Gasteiger partial charge in [0.25, 0.3) is 5.89 Å². The molecule has 2 heterocycles. The number of carbonyl (C=O) groups is 1. The quantitative estimate of drug-likeness (QED) is 0.844. The molecular weight excluding hydrogens is 261 g/mol. The Morgan fingerprint density at radius 1 is 1.35 bits per heavy atom. The summed E-state index contributed by atoms with van der Waals surface area (Å²) in [5, 5.41) is 3.92. The largest absolute Gasteiger partial charge is 0.336 e. The minimum atomic E-state index is -0.567. The summed E-state index contributed by atoms with van der Waals surface area (Å²) in [5.41, 5.74) is 0.111. The van der Waals surface area contributed by atoms with E-state index < -0.39 is 5.54 Å². The van der Waals surface area contributed by atoms with E-state index in [1.54, 1.807) is 24.1 Å². The lowest BCUT2D eigenvalue weighted by Crippen LogP contribution is -2.38. The van der Waals surface area contributed by atoms with Gasteiger partial charge in [-0.05, 0) is 37.6 Å². The standard InChI is InChI=1S/C14H14FN3O2/c1-14(8-7-11(19)18(14)2)13-16-12(17-20-13)9-3-5-10(15)6-4-9/h3-6H,7-8H2,1-2H3. The van der Waals surface area contributed by atoms with Crippen molar-refractivity contribution < 1.29 is 13.7 Å². The van der Waals surface area contributed by atoms with Crippen molar-refractivity contribution in [3.63, 3.8) is 0 Å². The van der Waals surface area contributed by atoms with E-state index in [9.17, 15) is 9.18 Å². The lowest BCUT2D eigenvalue weighted by atomic mass is 9.99. The highest BCUT2D eigenvalue weighted by Crippen LogP contribution is 2.37. The zero-order valence-corrected chi connectivity index (χ0v) is 11.3. The SMILES string of the molecule is CN1C(=O)CCC1(C)c1nc(-c2ccc(F)cc2)no1. The number of rotatable bonds is 2. The number of hydrogen-bond donors (Lipinski definition) is 0. The normalized spacial score (nSPS) is 22.6. The van der Waals surface area contributed by atoms with Gasteiger partial charge >= 0.3 is 0 Å². The average Bonchev–Trinajstić information content (AvgIpc) is 3.02. The molecule has 1 unspecified atom stereocenters. The predicted octanol–water partition coefficient (Wildman–Crippen LogP) is 2.34. The number of aromatic nitrogens is 2. The molecule has 2 aromatic rings. The Morgan fingerprint density at radius 3 is 2.65 bits per heavy atom. The zero-order valence-electron chi connectivity index (χ0n) is 11.3. The number of nitrogens with zero attached hydrogens (tertiary/aromatic N) is 3. The van der Waals surface area contributed by atoms with Crippen LogP contribution in [0.1, 0.15) is 25.7 Å². The number of halogens is 1. The van der Waals surface area contributed by atoms with E-state index in [4.69, 9.17) is 4.52 Å². The molecule has 1 aliphatic rings. The third-order valence-corrected chi connectivity index (χ3v) is 3.93. The highest BCUT2D eigenvalue weighted by molar-refractivity contribution is 5.79. The van der Waals surface area contributed by atoms with Crippen molar-refractivity contribution in [1.29, 1.82) is 0 Å². The summed E-state index contributed by atoms with van der Waals surface area (Å²) in [5.74, 6) is 0.554. The van der Waals surface area contributed by atoms with E-state index >= 15 is 0 Å². The maximum Gasteiger partial charge on any atom is 0.252 e. The summed E-state index contributed by atoms with van der Waals surface area (Å²) in [6.07, 6.45) is 1.12. The van der Waals surface area contributed by atoms with Gasteiger partial charge in [-0.1, -0.05) is 5.16 Å². The molecule has 0 bridgehead atoms. The smallest absolute Gasteiger partial charge is 0.252 e. The third-order valence-electron chi connectivity index (χ3n) is 3.93. The fourth-order valence-corrected chi connectivity index (χ4v) is 2.37. The Hall–Kier alpha value is -2.24. The summed E-state index contributed by atoms with van der Waals surface area (Å²) in [7, 11) is 1.73. The highest BCUT2D eigenvalue weighted by Gasteiger charge is 2.44. The maximum absolute atomic E-state index is 12.9. The van der Waals surface area contributed by atoms with Crippen molar-refractivity contribution in [3.8, 4) is 11.4 Å². The Balaban J connectivity index is 1.94. The van der Waals surface area contributed by atoms with Gasteiger partial charge in [0.05, 0.1) is 0 Å². The van der Waals surface area contributed by atoms with Gasteiger partial charge in [-0.2, -0.15) is 4.98 Å². The average molecular weight is 275 g/mol. The molecule has 1 atom stereocenters. The van der Waals surface area contributed by atoms with E-state index in [2.05, 4.69) is 10.1 Å². The monoisotopic (exact) mass is 275 g/mol. The number of carbonyl (C=O) groups excluding carboxylic acids is 1. The van der Waals surface area contributed by atoms with Crippen molar-refractivity contribution >= 4 is 5.91 Å². The first-order valence-corrected chi connectivity index (χ1v) is 6.37. The van der Waals surface area contributed by atoms with Crippen molar-refractivity contribution in [1.82, 2.24) is 15.0 Å². The van der Waals surface area contributed by atoms with Gasteiger partial charge in [-0.3, -0.25) is 4.79 Å². The van der Waals surface area contributed by atoms with E-state index in [0.717, 1.165) is 0 Å². The second kappa shape index (κ2) is 4.40. The summed E-state index contributed by atoms with van der Waals surface area (Å²) < 4.78 is 18.2. The summed E-state index contributed by atoms with van der Waals surface area (Å²) in [4.78, 5) is 17.7. The fraction of sp³-hybridized carbons (Fsp3) is 0.357. The second-order valence-electron chi connectivity index (χ2n) is 5.16. The van der Waals surface area contributed by atoms with Gasteiger partial charge in [-0.15, -0.1) is 0 Å². The first-order valence-electron chi connectivity index (χ1n) is 6.37. The van der Waals surface area contributed by atoms with Gasteiger partial charge in [0.2, 0.25) is 11.7 Å². The van der Waals surface area contributed by atoms with Crippen LogP contribution in [0.3, 0.4) is 0 Å². The molecule has 1 aromatic heterocycles. The number of amides is 1. The molecule has 104 valence electrons. The molecule has 0 N–H and O–H groups in total. The number of hydrogen-bond acceptors (Lipinski definition) is 4. The first kappa shape index (κ1) is 12.8. The Labute approximate surface area is 115 Å². The lowest BCUT2D eigenvalue weighted by Gasteiger charge is -2.27. The molecular formula is C14H14FN3O2. The van der Waals surface area contributed by atoms with Crippen LogP contribution in [-0.2, 0) is 10.3 Å². The van der Waals surface area contributed by atoms with Crippen LogP contribution >= 0.6 is 0 Å². The van der Waals surface area contributed by atoms with Crippen molar-refractivity contribution in [3.05, 3.63) is 36.0 Å². The molecule has 20 heavy (non-hydrogen) atoms. The van der Waals surface area contributed by atoms with Crippen LogP contribution in [-0.4, -0.2) is 28.0 Å². The van der Waals surface area contributed by atoms with Crippen LogP contribution < -0.4 is 0 Å². The fourth-order valence-electron chi connectivity index (χ4n) is 2.37. The summed E-state index contributed by atoms with van der Waals surface area (Å²) in [6.45, 7) is 1.90. The molecule has 0 radical (unpaired) electrons. The van der Waals surface area contributed by atoms with Gasteiger partial charge in [0.1, 0.15) is 11.4 Å². The van der Waals surface area contributed by atoms with Crippen molar-refractivity contribution in [2.45, 2.75) is 25.3 Å². The molecule has 5 nitrogen and oxygen atoms in total. The number of benzene rings is 1. The van der Waals surface area contributed by atoms with Crippen molar-refractivity contribution in [2.75, 3.05) is 7.05 Å². The topological polar surface area (TPSA) is 59.2 Å². The lowest BCUT2D eigenvalue weighted by molar-refractivity contribution is -0.130. The zero-order chi connectivity index (χ0) is 14.3. The van der Waals surface area contributed by atoms with Crippen LogP contribution in [0.4, 0.5) is 4.39 Å². The Morgan fingerprint density at radius 2 is 2.05 bits per heavy atom. The van der Waals surface area contributed by atoms with Crippen LogP contribution in [0, 0.1) is 5.82 Å². The summed E-state index contributed by atoms with van der Waals surface area (Å²) >= 11 is 0. The van der Waals surface area contributed by atoms with E-state index in [1.807, 2.05) is 6.92 Å². The Kier molecular flexibility index (Phi) is 2.81. The molecule has 1 aliphatic heterocycles. The van der Waals surface area contributed by atoms with Crippen LogP contribution in [0.5, 0.6) is 0 Å². The predicted molar refractivity (Wildman–Crippen MR) is 69.0 cm³/mol. The Bertz CT molecular complexity index is 653. The van der Waals surface area contributed by atoms with E-state index in [0.29, 0.717) is 30.1 Å². The van der Waals surface area contributed by atoms with Crippen LogP contribution in [0.2, 0.25) is 0 Å². The summed E-state index contributed by atoms with van der Waals surface area (Å²) in [6, 6.07) is 5.88. The minimum Gasteiger partial charge on any atom is -0.336 e. The molecule has 3 rings (SSSR count). The van der Waals surface area contributed by atoms with Gasteiger partial charge in [-0.25, -0.2) is 4.39 Å². The molecule has 6 heteroatoms. The van der Waals surface area contributed by atoms with E-state index in [-0.39, 0.29) is 11.7 Å². The van der Waals surface area contributed by atoms with Crippen molar-refractivity contribution in [2.24, 2.45) is 0 Å². The van der Waals surface area contributed by atoms with Gasteiger partial charge < -0.3 is 9.42 Å². The van der Waals surface area contributed by atoms with Crippen LogP contribution in [0.25, 0.3) is 11.4 Å². The highest BCUT2D eigenvalue weighted by atomic mass is 19.1. The number of likely N-dealkylation sites (tertiary alicyclic amines) is 1. The molecule has 1 fully saturated rings. The van der Waals surface area contributed by atoms with E-state index in [1.165, 1.54) is 12.1 Å². The van der Waals surface area contributed by atoms with Crippen LogP contribution in [0.15, 0.2) is 28.8 Å². The third kappa shape index (κ3) is 1.88. The van der Waals surface area contributed by atoms with Gasteiger partial charge in [0.15, 0.2) is 0 Å². The maximum atomic E-state index is 12.9. The molecule has 0 saturated carbocycles. The second-order valence-corrected chi connectivity index (χ2v) is 5.16. The van der Waals surface area contributed by atoms with Gasteiger partial charge in [0, 0.05) is 19.0 Å². The molecule has 1 amide bonds. The minimum absolute atomic E-state index is 0.0639. The molecule has 0 aliphatic carbocycles. The molecule has 0 spiro atoms.